The molecule has 0 fully saturated rings. The fourth-order valence-corrected chi connectivity index (χ4v) is 2.09. The molecular weight excluding hydrogens is 259 g/mol. The van der Waals surface area contributed by atoms with Gasteiger partial charge >= 0.3 is 5.97 Å². The number of aromatic nitrogens is 1. The Balaban J connectivity index is 2.80. The maximum absolute atomic E-state index is 13.7. The average molecular weight is 274 g/mol. The van der Waals surface area contributed by atoms with E-state index >= 15 is 0 Å². The van der Waals surface area contributed by atoms with E-state index in [0.717, 1.165) is 6.07 Å². The summed E-state index contributed by atoms with van der Waals surface area (Å²) < 4.78 is 13.7. The van der Waals surface area contributed by atoms with Crippen molar-refractivity contribution in [1.82, 2.24) is 4.98 Å². The predicted molar refractivity (Wildman–Crippen MR) is 68.6 cm³/mol. The van der Waals surface area contributed by atoms with Gasteiger partial charge in [-0.1, -0.05) is 0 Å². The van der Waals surface area contributed by atoms with Gasteiger partial charge in [-0.25, -0.2) is 14.2 Å². The molecule has 5 nitrogen and oxygen atoms in total. The van der Waals surface area contributed by atoms with E-state index in [1.54, 1.807) is 6.92 Å². The number of nitrogens with one attached hydrogen (secondary N) is 1. The minimum Gasteiger partial charge on any atom is -0.478 e. The molecule has 0 amide bonds. The molecule has 18 heavy (non-hydrogen) atoms. The van der Waals surface area contributed by atoms with Crippen LogP contribution < -0.4 is 5.32 Å². The summed E-state index contributed by atoms with van der Waals surface area (Å²) in [6.45, 7) is 1.69. The first kappa shape index (κ1) is 14.7. The van der Waals surface area contributed by atoms with Crippen molar-refractivity contribution >= 4 is 23.5 Å². The molecule has 0 aromatic carbocycles. The zero-order valence-electron chi connectivity index (χ0n) is 10.1. The van der Waals surface area contributed by atoms with Gasteiger partial charge in [0, 0.05) is 18.5 Å². The van der Waals surface area contributed by atoms with Crippen LogP contribution in [0.1, 0.15) is 17.3 Å². The SMILES string of the molecule is CSCC(C)(O)CNc1nccc(C(=O)O)c1F. The second kappa shape index (κ2) is 6.01. The lowest BCUT2D eigenvalue weighted by atomic mass is 10.1. The summed E-state index contributed by atoms with van der Waals surface area (Å²) in [5, 5.41) is 21.3. The summed E-state index contributed by atoms with van der Waals surface area (Å²) in [5.41, 5.74) is -1.47. The van der Waals surface area contributed by atoms with Crippen molar-refractivity contribution in [1.29, 1.82) is 0 Å². The van der Waals surface area contributed by atoms with E-state index in [9.17, 15) is 14.3 Å². The van der Waals surface area contributed by atoms with E-state index in [4.69, 9.17) is 5.11 Å². The molecule has 0 spiro atoms. The Hall–Kier alpha value is -1.34. The fourth-order valence-electron chi connectivity index (χ4n) is 1.37. The molecule has 1 heterocycles. The lowest BCUT2D eigenvalue weighted by molar-refractivity contribution is 0.0692. The molecule has 0 bridgehead atoms. The molecule has 7 heteroatoms. The third-order valence-electron chi connectivity index (χ3n) is 2.21. The number of carbonyl (C=O) groups is 1. The first-order valence-electron chi connectivity index (χ1n) is 5.20. The highest BCUT2D eigenvalue weighted by Gasteiger charge is 2.21. The maximum Gasteiger partial charge on any atom is 0.338 e. The molecule has 100 valence electrons. The van der Waals surface area contributed by atoms with Crippen molar-refractivity contribution in [3.05, 3.63) is 23.6 Å². The van der Waals surface area contributed by atoms with Crippen LogP contribution in [0, 0.1) is 5.82 Å². The summed E-state index contributed by atoms with van der Waals surface area (Å²) in [4.78, 5) is 14.4. The number of pyridine rings is 1. The van der Waals surface area contributed by atoms with Crippen LogP contribution in [0.5, 0.6) is 0 Å². The van der Waals surface area contributed by atoms with Crippen LogP contribution in [0.25, 0.3) is 0 Å². The first-order valence-corrected chi connectivity index (χ1v) is 6.60. The van der Waals surface area contributed by atoms with E-state index < -0.39 is 23.0 Å². The normalized spacial score (nSPS) is 14.0. The first-order chi connectivity index (χ1) is 8.37. The summed E-state index contributed by atoms with van der Waals surface area (Å²) in [7, 11) is 0. The highest BCUT2D eigenvalue weighted by molar-refractivity contribution is 7.98. The molecule has 0 saturated carbocycles. The number of aromatic carboxylic acids is 1. The number of carboxylic acids is 1. The number of nitrogens with zero attached hydrogens (tertiary/aromatic N) is 1. The van der Waals surface area contributed by atoms with Crippen molar-refractivity contribution < 1.29 is 19.4 Å². The van der Waals surface area contributed by atoms with Crippen molar-refractivity contribution in [3.63, 3.8) is 0 Å². The van der Waals surface area contributed by atoms with Crippen LogP contribution in [0.2, 0.25) is 0 Å². The largest absolute Gasteiger partial charge is 0.478 e. The van der Waals surface area contributed by atoms with Gasteiger partial charge in [0.1, 0.15) is 5.56 Å². The molecule has 0 aliphatic rings. The Morgan fingerprint density at radius 3 is 2.89 bits per heavy atom. The van der Waals surface area contributed by atoms with Crippen molar-refractivity contribution in [3.8, 4) is 0 Å². The highest BCUT2D eigenvalue weighted by Crippen LogP contribution is 2.17. The minimum absolute atomic E-state index is 0.0842. The van der Waals surface area contributed by atoms with E-state index in [1.807, 2.05) is 6.26 Å². The van der Waals surface area contributed by atoms with E-state index in [-0.39, 0.29) is 12.4 Å². The molecule has 0 aliphatic carbocycles. The maximum atomic E-state index is 13.7. The number of anilines is 1. The minimum atomic E-state index is -1.35. The Labute approximate surface area is 108 Å². The third-order valence-corrected chi connectivity index (χ3v) is 3.12. The summed E-state index contributed by atoms with van der Waals surface area (Å²) in [6, 6.07) is 1.09. The predicted octanol–water partition coefficient (Wildman–Crippen LogP) is 1.44. The second-order valence-corrected chi connectivity index (χ2v) is 4.98. The van der Waals surface area contributed by atoms with Gasteiger partial charge in [0.05, 0.1) is 5.60 Å². The molecule has 1 unspecified atom stereocenters. The summed E-state index contributed by atoms with van der Waals surface area (Å²) >= 11 is 1.46. The highest BCUT2D eigenvalue weighted by atomic mass is 32.2. The molecule has 1 aromatic heterocycles. The third kappa shape index (κ3) is 3.85. The molecule has 0 aliphatic heterocycles. The monoisotopic (exact) mass is 274 g/mol. The fraction of sp³-hybridized carbons (Fsp3) is 0.455. The van der Waals surface area contributed by atoms with Gasteiger partial charge in [-0.3, -0.25) is 0 Å². The lowest BCUT2D eigenvalue weighted by Crippen LogP contribution is -2.36. The van der Waals surface area contributed by atoms with Crippen LogP contribution in [-0.2, 0) is 0 Å². The van der Waals surface area contributed by atoms with E-state index in [0.29, 0.717) is 5.75 Å². The molecule has 0 radical (unpaired) electrons. The quantitative estimate of drug-likeness (QED) is 0.728. The van der Waals surface area contributed by atoms with Gasteiger partial charge in [0.15, 0.2) is 11.6 Å². The van der Waals surface area contributed by atoms with Crippen LogP contribution in [0.4, 0.5) is 10.2 Å². The van der Waals surface area contributed by atoms with Gasteiger partial charge in [0.25, 0.3) is 0 Å². The van der Waals surface area contributed by atoms with Crippen LogP contribution in [0.3, 0.4) is 0 Å². The van der Waals surface area contributed by atoms with E-state index in [2.05, 4.69) is 10.3 Å². The molecule has 1 aromatic rings. The lowest BCUT2D eigenvalue weighted by Gasteiger charge is -2.22. The van der Waals surface area contributed by atoms with Crippen molar-refractivity contribution in [2.45, 2.75) is 12.5 Å². The number of carboxylic acid groups (broad SMARTS) is 1. The number of thioether (sulfide) groups is 1. The van der Waals surface area contributed by atoms with Crippen LogP contribution in [-0.4, -0.2) is 45.3 Å². The standard InChI is InChI=1S/C11H15FN2O3S/c1-11(17,6-18-2)5-14-9-8(12)7(10(15)16)3-4-13-9/h3-4,17H,5-6H2,1-2H3,(H,13,14)(H,15,16). The van der Waals surface area contributed by atoms with Crippen LogP contribution >= 0.6 is 11.8 Å². The van der Waals surface area contributed by atoms with Gasteiger partial charge < -0.3 is 15.5 Å². The Bertz CT molecular complexity index is 440. The Morgan fingerprint density at radius 1 is 1.67 bits per heavy atom. The van der Waals surface area contributed by atoms with Gasteiger partial charge in [-0.05, 0) is 19.2 Å². The summed E-state index contributed by atoms with van der Waals surface area (Å²) in [6.07, 6.45) is 3.05. The Morgan fingerprint density at radius 2 is 2.33 bits per heavy atom. The van der Waals surface area contributed by atoms with Gasteiger partial charge in [-0.15, -0.1) is 0 Å². The zero-order valence-corrected chi connectivity index (χ0v) is 10.9. The van der Waals surface area contributed by atoms with E-state index in [1.165, 1.54) is 18.0 Å². The van der Waals surface area contributed by atoms with Crippen LogP contribution in [0.15, 0.2) is 12.3 Å². The van der Waals surface area contributed by atoms with Crippen molar-refractivity contribution in [2.24, 2.45) is 0 Å². The zero-order chi connectivity index (χ0) is 13.8. The smallest absolute Gasteiger partial charge is 0.338 e. The molecule has 0 saturated heterocycles. The number of rotatable bonds is 6. The number of hydrogen-bond donors (Lipinski definition) is 3. The average Bonchev–Trinajstić information content (AvgIpc) is 2.27. The molecule has 1 rings (SSSR count). The molecule has 1 atom stereocenters. The van der Waals surface area contributed by atoms with Gasteiger partial charge in [0.2, 0.25) is 0 Å². The number of aliphatic hydroxyl groups is 1. The topological polar surface area (TPSA) is 82.5 Å². The molecular formula is C11H15FN2O3S. The molecule has 3 N–H and O–H groups in total. The van der Waals surface area contributed by atoms with Crippen molar-refractivity contribution in [2.75, 3.05) is 23.9 Å². The summed E-state index contributed by atoms with van der Waals surface area (Å²) in [5.74, 6) is -1.98. The van der Waals surface area contributed by atoms with Gasteiger partial charge in [-0.2, -0.15) is 11.8 Å². The number of halogens is 1. The second-order valence-electron chi connectivity index (χ2n) is 4.11. The number of hydrogen-bond acceptors (Lipinski definition) is 5. The Kier molecular flexibility index (Phi) is 4.92.